The van der Waals surface area contributed by atoms with Crippen molar-refractivity contribution in [1.82, 2.24) is 0 Å². The predicted molar refractivity (Wildman–Crippen MR) is 240 cm³/mol. The molecule has 0 atom stereocenters. The summed E-state index contributed by atoms with van der Waals surface area (Å²) in [5, 5.41) is 4.67. The number of fused-ring (bicyclic) bond motifs is 7. The SMILES string of the molecule is CC1(C)c2ccccc2-c2c(-c3cccc4ccccc34)cc(N(c3ccccc3)c3cccc4oc5ccc(-c6cccc(-c7ccccc7)c6)cc5c34)cc21. The van der Waals surface area contributed by atoms with Crippen LogP contribution < -0.4 is 4.90 Å². The number of hydrogen-bond acceptors (Lipinski definition) is 2. The molecule has 0 radical (unpaired) electrons. The third-order valence-electron chi connectivity index (χ3n) is 12.0. The number of hydrogen-bond donors (Lipinski definition) is 0. The topological polar surface area (TPSA) is 16.4 Å². The van der Waals surface area contributed by atoms with Crippen molar-refractivity contribution >= 4 is 49.8 Å². The van der Waals surface area contributed by atoms with Crippen LogP contribution in [-0.4, -0.2) is 0 Å². The molecule has 0 spiro atoms. The molecule has 11 rings (SSSR count). The summed E-state index contributed by atoms with van der Waals surface area (Å²) in [6.45, 7) is 4.75. The van der Waals surface area contributed by atoms with E-state index in [0.717, 1.165) is 44.6 Å². The summed E-state index contributed by atoms with van der Waals surface area (Å²) in [6, 6.07) is 72.6. The molecule has 270 valence electrons. The van der Waals surface area contributed by atoms with Crippen LogP contribution in [0.5, 0.6) is 0 Å². The smallest absolute Gasteiger partial charge is 0.137 e. The molecule has 0 bridgehead atoms. The van der Waals surface area contributed by atoms with Crippen LogP contribution in [-0.2, 0) is 5.41 Å². The molecular formula is C55H39NO. The van der Waals surface area contributed by atoms with E-state index in [0.29, 0.717) is 0 Å². The van der Waals surface area contributed by atoms with E-state index in [1.807, 2.05) is 0 Å². The first kappa shape index (κ1) is 33.2. The second-order valence-electron chi connectivity index (χ2n) is 15.7. The van der Waals surface area contributed by atoms with E-state index in [2.05, 4.69) is 219 Å². The van der Waals surface area contributed by atoms with Gasteiger partial charge in [-0.3, -0.25) is 0 Å². The Morgan fingerprint density at radius 3 is 1.91 bits per heavy atom. The van der Waals surface area contributed by atoms with Crippen molar-refractivity contribution in [2.75, 3.05) is 4.90 Å². The van der Waals surface area contributed by atoms with Gasteiger partial charge in [0.2, 0.25) is 0 Å². The van der Waals surface area contributed by atoms with Gasteiger partial charge in [0.1, 0.15) is 11.2 Å². The zero-order valence-electron chi connectivity index (χ0n) is 31.9. The molecular weight excluding hydrogens is 691 g/mol. The van der Waals surface area contributed by atoms with Gasteiger partial charge in [-0.25, -0.2) is 0 Å². The zero-order chi connectivity index (χ0) is 38.1. The molecule has 1 aliphatic carbocycles. The van der Waals surface area contributed by atoms with Gasteiger partial charge in [0.25, 0.3) is 0 Å². The van der Waals surface area contributed by atoms with Crippen molar-refractivity contribution in [2.24, 2.45) is 0 Å². The van der Waals surface area contributed by atoms with Crippen molar-refractivity contribution in [3.8, 4) is 44.5 Å². The number of para-hydroxylation sites is 1. The average Bonchev–Trinajstić information content (AvgIpc) is 3.76. The van der Waals surface area contributed by atoms with Crippen molar-refractivity contribution in [2.45, 2.75) is 19.3 Å². The lowest BCUT2D eigenvalue weighted by Gasteiger charge is -2.30. The molecule has 0 saturated heterocycles. The van der Waals surface area contributed by atoms with Gasteiger partial charge in [-0.2, -0.15) is 0 Å². The molecule has 10 aromatic rings. The Labute approximate surface area is 332 Å². The molecule has 0 unspecified atom stereocenters. The quantitative estimate of drug-likeness (QED) is 0.169. The molecule has 0 N–H and O–H groups in total. The maximum absolute atomic E-state index is 6.66. The van der Waals surface area contributed by atoms with Crippen LogP contribution in [0.4, 0.5) is 17.1 Å². The number of nitrogens with zero attached hydrogens (tertiary/aromatic N) is 1. The Kier molecular flexibility index (Phi) is 7.55. The van der Waals surface area contributed by atoms with Crippen molar-refractivity contribution in [3.05, 3.63) is 211 Å². The first-order valence-electron chi connectivity index (χ1n) is 19.8. The molecule has 1 aliphatic rings. The molecule has 2 nitrogen and oxygen atoms in total. The highest BCUT2D eigenvalue weighted by molar-refractivity contribution is 6.15. The molecule has 0 aliphatic heterocycles. The van der Waals surface area contributed by atoms with Crippen LogP contribution in [0.1, 0.15) is 25.0 Å². The summed E-state index contributed by atoms with van der Waals surface area (Å²) in [6.07, 6.45) is 0. The van der Waals surface area contributed by atoms with Crippen molar-refractivity contribution < 1.29 is 4.42 Å². The van der Waals surface area contributed by atoms with Gasteiger partial charge in [0.05, 0.1) is 11.1 Å². The van der Waals surface area contributed by atoms with Crippen LogP contribution in [0.2, 0.25) is 0 Å². The summed E-state index contributed by atoms with van der Waals surface area (Å²) < 4.78 is 6.66. The Morgan fingerprint density at radius 2 is 1.05 bits per heavy atom. The standard InChI is InChI=1S/C55H39NO/c1-55(2)48-27-12-11-25-45(48)53-46(44-26-14-19-37-18-9-10-24-43(37)44)34-42(35-49(53)55)56(41-22-7-4-8-23-41)50-28-15-29-52-54(50)47-33-40(30-31-51(47)57-52)39-21-13-20-38(32-39)36-16-5-3-6-17-36/h3-35H,1-2H3. The summed E-state index contributed by atoms with van der Waals surface area (Å²) in [5.74, 6) is 0. The summed E-state index contributed by atoms with van der Waals surface area (Å²) in [4.78, 5) is 2.44. The normalized spacial score (nSPS) is 12.9. The monoisotopic (exact) mass is 729 g/mol. The largest absolute Gasteiger partial charge is 0.456 e. The third kappa shape index (κ3) is 5.33. The lowest BCUT2D eigenvalue weighted by molar-refractivity contribution is 0.660. The lowest BCUT2D eigenvalue weighted by atomic mass is 9.81. The van der Waals surface area contributed by atoms with Gasteiger partial charge in [0.15, 0.2) is 0 Å². The third-order valence-corrected chi connectivity index (χ3v) is 12.0. The molecule has 1 heterocycles. The van der Waals surface area contributed by atoms with Crippen LogP contribution >= 0.6 is 0 Å². The maximum atomic E-state index is 6.66. The number of anilines is 3. The predicted octanol–water partition coefficient (Wildman–Crippen LogP) is 15.5. The fraction of sp³-hybridized carbons (Fsp3) is 0.0545. The molecule has 2 heteroatoms. The minimum atomic E-state index is -0.207. The van der Waals surface area contributed by atoms with Gasteiger partial charge < -0.3 is 9.32 Å². The second-order valence-corrected chi connectivity index (χ2v) is 15.7. The number of rotatable bonds is 6. The van der Waals surface area contributed by atoms with Crippen molar-refractivity contribution in [1.29, 1.82) is 0 Å². The van der Waals surface area contributed by atoms with Gasteiger partial charge in [-0.05, 0) is 121 Å². The number of furan rings is 1. The zero-order valence-corrected chi connectivity index (χ0v) is 31.9. The highest BCUT2D eigenvalue weighted by Gasteiger charge is 2.38. The molecule has 1 aromatic heterocycles. The summed E-state index contributed by atoms with van der Waals surface area (Å²) in [7, 11) is 0. The van der Waals surface area contributed by atoms with E-state index in [1.165, 1.54) is 60.8 Å². The first-order valence-corrected chi connectivity index (χ1v) is 19.8. The van der Waals surface area contributed by atoms with E-state index in [4.69, 9.17) is 4.42 Å². The van der Waals surface area contributed by atoms with Crippen molar-refractivity contribution in [3.63, 3.8) is 0 Å². The Bertz CT molecular complexity index is 3150. The minimum Gasteiger partial charge on any atom is -0.456 e. The molecule has 9 aromatic carbocycles. The van der Waals surface area contributed by atoms with Crippen LogP contribution in [0, 0.1) is 0 Å². The van der Waals surface area contributed by atoms with Gasteiger partial charge in [-0.1, -0.05) is 159 Å². The Hall–Kier alpha value is -7.16. The van der Waals surface area contributed by atoms with Gasteiger partial charge >= 0.3 is 0 Å². The maximum Gasteiger partial charge on any atom is 0.137 e. The highest BCUT2D eigenvalue weighted by atomic mass is 16.3. The second kappa shape index (κ2) is 13.0. The Morgan fingerprint density at radius 1 is 0.404 bits per heavy atom. The lowest BCUT2D eigenvalue weighted by Crippen LogP contribution is -2.17. The molecule has 0 amide bonds. The highest BCUT2D eigenvalue weighted by Crippen LogP contribution is 2.55. The first-order chi connectivity index (χ1) is 28.0. The van der Waals surface area contributed by atoms with E-state index < -0.39 is 0 Å². The minimum absolute atomic E-state index is 0.207. The summed E-state index contributed by atoms with van der Waals surface area (Å²) >= 11 is 0. The van der Waals surface area contributed by atoms with Gasteiger partial charge in [0, 0.05) is 22.2 Å². The van der Waals surface area contributed by atoms with E-state index in [1.54, 1.807) is 0 Å². The van der Waals surface area contributed by atoms with E-state index in [9.17, 15) is 0 Å². The average molecular weight is 730 g/mol. The van der Waals surface area contributed by atoms with Gasteiger partial charge in [-0.15, -0.1) is 0 Å². The summed E-state index contributed by atoms with van der Waals surface area (Å²) in [5.41, 5.74) is 17.3. The Balaban J connectivity index is 1.17. The number of benzene rings is 9. The van der Waals surface area contributed by atoms with Crippen LogP contribution in [0.15, 0.2) is 205 Å². The molecule has 57 heavy (non-hydrogen) atoms. The fourth-order valence-corrected chi connectivity index (χ4v) is 9.29. The van der Waals surface area contributed by atoms with Crippen LogP contribution in [0.25, 0.3) is 77.2 Å². The van der Waals surface area contributed by atoms with E-state index in [-0.39, 0.29) is 5.41 Å². The van der Waals surface area contributed by atoms with Crippen LogP contribution in [0.3, 0.4) is 0 Å². The fourth-order valence-electron chi connectivity index (χ4n) is 9.29. The molecule has 0 fully saturated rings. The van der Waals surface area contributed by atoms with E-state index >= 15 is 0 Å². The molecule has 0 saturated carbocycles.